The van der Waals surface area contributed by atoms with E-state index in [1.54, 1.807) is 0 Å². The first-order valence-corrected chi connectivity index (χ1v) is 7.20. The van der Waals surface area contributed by atoms with Gasteiger partial charge in [0.25, 0.3) is 0 Å². The third-order valence-electron chi connectivity index (χ3n) is 4.55. The van der Waals surface area contributed by atoms with E-state index in [0.717, 1.165) is 19.4 Å². The first kappa shape index (κ1) is 13.8. The lowest BCUT2D eigenvalue weighted by molar-refractivity contribution is -0.134. The molecule has 2 aliphatic heterocycles. The summed E-state index contributed by atoms with van der Waals surface area (Å²) in [6.07, 6.45) is 2.41. The monoisotopic (exact) mass is 253 g/mol. The molecule has 2 saturated heterocycles. The summed E-state index contributed by atoms with van der Waals surface area (Å²) in [4.78, 5) is 16.9. The van der Waals surface area contributed by atoms with Crippen molar-refractivity contribution in [3.05, 3.63) is 0 Å². The molecule has 1 amide bonds. The number of likely N-dealkylation sites (tertiary alicyclic amines) is 1. The van der Waals surface area contributed by atoms with Crippen LogP contribution < -0.4 is 5.32 Å². The Bertz CT molecular complexity index is 318. The van der Waals surface area contributed by atoms with E-state index in [0.29, 0.717) is 18.0 Å². The van der Waals surface area contributed by atoms with E-state index in [1.165, 1.54) is 0 Å². The van der Waals surface area contributed by atoms with E-state index >= 15 is 0 Å². The van der Waals surface area contributed by atoms with Crippen LogP contribution in [0.15, 0.2) is 0 Å². The molecule has 0 aromatic heterocycles. The highest BCUT2D eigenvalue weighted by atomic mass is 16.2. The molecule has 0 radical (unpaired) electrons. The van der Waals surface area contributed by atoms with Crippen molar-refractivity contribution in [2.24, 2.45) is 5.92 Å². The van der Waals surface area contributed by atoms with Crippen LogP contribution >= 0.6 is 0 Å². The van der Waals surface area contributed by atoms with Crippen molar-refractivity contribution in [2.75, 3.05) is 13.6 Å². The fourth-order valence-electron chi connectivity index (χ4n) is 3.21. The maximum atomic E-state index is 12.4. The Morgan fingerprint density at radius 2 is 2.00 bits per heavy atom. The van der Waals surface area contributed by atoms with E-state index in [-0.39, 0.29) is 18.1 Å². The van der Waals surface area contributed by atoms with Gasteiger partial charge in [-0.15, -0.1) is 0 Å². The number of amides is 1. The third-order valence-corrected chi connectivity index (χ3v) is 4.55. The Hall–Kier alpha value is -0.610. The molecular weight excluding hydrogens is 226 g/mol. The van der Waals surface area contributed by atoms with Crippen LogP contribution in [0.25, 0.3) is 0 Å². The molecule has 0 spiro atoms. The van der Waals surface area contributed by atoms with Crippen molar-refractivity contribution in [2.45, 2.75) is 64.8 Å². The summed E-state index contributed by atoms with van der Waals surface area (Å²) in [5.74, 6) is 0.754. The van der Waals surface area contributed by atoms with E-state index in [4.69, 9.17) is 0 Å². The van der Waals surface area contributed by atoms with Crippen molar-refractivity contribution < 1.29 is 4.79 Å². The molecule has 0 bridgehead atoms. The molecule has 104 valence electrons. The van der Waals surface area contributed by atoms with Crippen LogP contribution in [0.5, 0.6) is 0 Å². The quantitative estimate of drug-likeness (QED) is 0.805. The zero-order valence-corrected chi connectivity index (χ0v) is 12.3. The second-order valence-electron chi connectivity index (χ2n) is 6.33. The van der Waals surface area contributed by atoms with E-state index < -0.39 is 0 Å². The van der Waals surface area contributed by atoms with Crippen LogP contribution in [0, 0.1) is 5.92 Å². The molecule has 18 heavy (non-hydrogen) atoms. The minimum Gasteiger partial charge on any atom is -0.322 e. The highest BCUT2D eigenvalue weighted by molar-refractivity contribution is 5.84. The second kappa shape index (κ2) is 5.17. The summed E-state index contributed by atoms with van der Waals surface area (Å²) >= 11 is 0. The number of nitrogens with zero attached hydrogens (tertiary/aromatic N) is 2. The van der Waals surface area contributed by atoms with Gasteiger partial charge in [-0.2, -0.15) is 0 Å². The van der Waals surface area contributed by atoms with Gasteiger partial charge in [-0.25, -0.2) is 0 Å². The zero-order valence-electron chi connectivity index (χ0n) is 12.3. The Kier molecular flexibility index (Phi) is 3.97. The maximum Gasteiger partial charge on any atom is 0.240 e. The minimum atomic E-state index is -0.0210. The van der Waals surface area contributed by atoms with Gasteiger partial charge in [0.2, 0.25) is 5.91 Å². The Morgan fingerprint density at radius 3 is 2.56 bits per heavy atom. The number of nitrogens with one attached hydrogen (secondary N) is 1. The molecule has 0 aromatic rings. The largest absolute Gasteiger partial charge is 0.322 e. The van der Waals surface area contributed by atoms with Crippen molar-refractivity contribution in [1.29, 1.82) is 0 Å². The first-order valence-electron chi connectivity index (χ1n) is 7.20. The van der Waals surface area contributed by atoms with Gasteiger partial charge in [0.15, 0.2) is 0 Å². The Labute approximate surface area is 111 Å². The molecule has 0 saturated carbocycles. The van der Waals surface area contributed by atoms with Crippen molar-refractivity contribution in [3.63, 3.8) is 0 Å². The number of carbonyl (C=O) groups is 1. The summed E-state index contributed by atoms with van der Waals surface area (Å²) in [5.41, 5.74) is 0. The summed E-state index contributed by atoms with van der Waals surface area (Å²) in [6, 6.07) is 0.959. The van der Waals surface area contributed by atoms with Crippen LogP contribution in [0.4, 0.5) is 0 Å². The first-order chi connectivity index (χ1) is 8.41. The fourth-order valence-corrected chi connectivity index (χ4v) is 3.21. The number of hydrogen-bond donors (Lipinski definition) is 1. The van der Waals surface area contributed by atoms with Crippen LogP contribution in [0.1, 0.15) is 40.5 Å². The lowest BCUT2D eigenvalue weighted by Gasteiger charge is -2.42. The summed E-state index contributed by atoms with van der Waals surface area (Å²) in [6.45, 7) is 9.71. The number of carbonyl (C=O) groups excluding carboxylic acids is 1. The van der Waals surface area contributed by atoms with Gasteiger partial charge in [-0.1, -0.05) is 13.8 Å². The average Bonchev–Trinajstić information content (AvgIpc) is 2.60. The number of rotatable bonds is 2. The van der Waals surface area contributed by atoms with Gasteiger partial charge >= 0.3 is 0 Å². The number of piperidine rings is 1. The van der Waals surface area contributed by atoms with Crippen molar-refractivity contribution in [3.8, 4) is 0 Å². The van der Waals surface area contributed by atoms with Crippen molar-refractivity contribution in [1.82, 2.24) is 15.1 Å². The van der Waals surface area contributed by atoms with Gasteiger partial charge in [0.1, 0.15) is 0 Å². The molecule has 0 aliphatic carbocycles. The Morgan fingerprint density at radius 1 is 1.33 bits per heavy atom. The smallest absolute Gasteiger partial charge is 0.240 e. The van der Waals surface area contributed by atoms with Gasteiger partial charge < -0.3 is 9.80 Å². The molecular formula is C14H27N3O. The third kappa shape index (κ3) is 2.41. The highest BCUT2D eigenvalue weighted by Gasteiger charge is 2.42. The lowest BCUT2D eigenvalue weighted by Crippen LogP contribution is -2.53. The SMILES string of the molecule is CC1NC(C(C)C)N(C2CCN(C)C(C)C2)C1=O. The fraction of sp³-hybridized carbons (Fsp3) is 0.929. The molecule has 4 atom stereocenters. The van der Waals surface area contributed by atoms with Gasteiger partial charge in [-0.3, -0.25) is 10.1 Å². The molecule has 4 nitrogen and oxygen atoms in total. The maximum absolute atomic E-state index is 12.4. The predicted molar refractivity (Wildman–Crippen MR) is 73.2 cm³/mol. The van der Waals surface area contributed by atoms with Crippen LogP contribution in [0.2, 0.25) is 0 Å². The summed E-state index contributed by atoms with van der Waals surface area (Å²) < 4.78 is 0. The molecule has 2 heterocycles. The summed E-state index contributed by atoms with van der Waals surface area (Å²) in [5, 5.41) is 3.44. The second-order valence-corrected chi connectivity index (χ2v) is 6.33. The van der Waals surface area contributed by atoms with Crippen LogP contribution in [-0.4, -0.2) is 53.6 Å². The molecule has 4 heteroatoms. The van der Waals surface area contributed by atoms with Gasteiger partial charge in [0.05, 0.1) is 12.2 Å². The lowest BCUT2D eigenvalue weighted by atomic mass is 9.96. The Balaban J connectivity index is 2.12. The van der Waals surface area contributed by atoms with Gasteiger partial charge in [-0.05, 0) is 39.7 Å². The number of hydrogen-bond acceptors (Lipinski definition) is 3. The zero-order chi connectivity index (χ0) is 13.4. The van der Waals surface area contributed by atoms with Crippen LogP contribution in [-0.2, 0) is 4.79 Å². The van der Waals surface area contributed by atoms with Crippen LogP contribution in [0.3, 0.4) is 0 Å². The normalized spacial score (nSPS) is 38.8. The predicted octanol–water partition coefficient (Wildman–Crippen LogP) is 1.27. The average molecular weight is 253 g/mol. The topological polar surface area (TPSA) is 35.6 Å². The molecule has 4 unspecified atom stereocenters. The molecule has 2 aliphatic rings. The minimum absolute atomic E-state index is 0.0210. The molecule has 1 N–H and O–H groups in total. The van der Waals surface area contributed by atoms with Gasteiger partial charge in [0, 0.05) is 18.6 Å². The molecule has 2 rings (SSSR count). The highest BCUT2D eigenvalue weighted by Crippen LogP contribution is 2.27. The summed E-state index contributed by atoms with van der Waals surface area (Å²) in [7, 11) is 2.17. The standard InChI is InChI=1S/C14H27N3O/c1-9(2)13-15-11(4)14(18)17(13)12-6-7-16(5)10(3)8-12/h9-13,15H,6-8H2,1-5H3. The molecule has 0 aromatic carbocycles. The van der Waals surface area contributed by atoms with E-state index in [2.05, 4.69) is 42.9 Å². The van der Waals surface area contributed by atoms with E-state index in [1.807, 2.05) is 6.92 Å². The molecule has 2 fully saturated rings. The van der Waals surface area contributed by atoms with Crippen molar-refractivity contribution >= 4 is 5.91 Å². The van der Waals surface area contributed by atoms with E-state index in [9.17, 15) is 4.79 Å².